The molecule has 10 heteroatoms. The van der Waals surface area contributed by atoms with Gasteiger partial charge < -0.3 is 20.1 Å². The van der Waals surface area contributed by atoms with Crippen LogP contribution in [0, 0.1) is 18.3 Å². The van der Waals surface area contributed by atoms with Gasteiger partial charge in [-0.2, -0.15) is 5.26 Å². The van der Waals surface area contributed by atoms with Gasteiger partial charge in [-0.15, -0.1) is 0 Å². The number of amides is 4. The lowest BCUT2D eigenvalue weighted by Gasteiger charge is -2.14. The minimum atomic E-state index is -0.692. The minimum absolute atomic E-state index is 0.0175. The van der Waals surface area contributed by atoms with Crippen molar-refractivity contribution in [2.45, 2.75) is 13.5 Å². The molecule has 3 aromatic carbocycles. The Labute approximate surface area is 227 Å². The Hall–Kier alpha value is -4.62. The van der Waals surface area contributed by atoms with Crippen LogP contribution in [0.1, 0.15) is 22.3 Å². The number of methoxy groups -OCH3 is 1. The summed E-state index contributed by atoms with van der Waals surface area (Å²) < 4.78 is 12.0. The number of nitrogens with one attached hydrogen (secondary N) is 2. The van der Waals surface area contributed by atoms with Crippen molar-refractivity contribution >= 4 is 45.5 Å². The van der Waals surface area contributed by atoms with Crippen molar-refractivity contribution in [3.8, 4) is 17.6 Å². The molecule has 1 fully saturated rings. The van der Waals surface area contributed by atoms with Gasteiger partial charge in [0.05, 0.1) is 23.2 Å². The van der Waals surface area contributed by atoms with Gasteiger partial charge in [-0.05, 0) is 70.4 Å². The first-order chi connectivity index (χ1) is 18.3. The molecule has 9 nitrogen and oxygen atoms in total. The topological polar surface area (TPSA) is 121 Å². The Morgan fingerprint density at radius 1 is 1.16 bits per heavy atom. The first-order valence-electron chi connectivity index (χ1n) is 11.5. The van der Waals surface area contributed by atoms with E-state index < -0.39 is 24.4 Å². The van der Waals surface area contributed by atoms with Gasteiger partial charge in [-0.3, -0.25) is 9.59 Å². The maximum absolute atomic E-state index is 12.9. The largest absolute Gasteiger partial charge is 0.493 e. The lowest BCUT2D eigenvalue weighted by Crippen LogP contribution is -2.38. The average molecular weight is 575 g/mol. The average Bonchev–Trinajstić information content (AvgIpc) is 3.15. The second-order valence-corrected chi connectivity index (χ2v) is 9.24. The van der Waals surface area contributed by atoms with Gasteiger partial charge >= 0.3 is 6.03 Å². The molecule has 0 bridgehead atoms. The number of aryl methyl sites for hydroxylation is 1. The monoisotopic (exact) mass is 574 g/mol. The number of benzene rings is 3. The molecule has 0 radical (unpaired) electrons. The maximum Gasteiger partial charge on any atom is 0.329 e. The number of hydrogen-bond acceptors (Lipinski definition) is 6. The van der Waals surface area contributed by atoms with Crippen molar-refractivity contribution in [1.29, 1.82) is 5.26 Å². The van der Waals surface area contributed by atoms with Gasteiger partial charge in [0, 0.05) is 11.3 Å². The maximum atomic E-state index is 12.9. The number of ether oxygens (including phenoxy) is 2. The summed E-state index contributed by atoms with van der Waals surface area (Å²) in [6.07, 6.45) is 1.49. The molecule has 1 aliphatic rings. The number of nitrogens with zero attached hydrogens (tertiary/aromatic N) is 2. The zero-order valence-corrected chi connectivity index (χ0v) is 22.2. The van der Waals surface area contributed by atoms with Crippen LogP contribution in [0.5, 0.6) is 11.5 Å². The van der Waals surface area contributed by atoms with Crippen LogP contribution in [0.3, 0.4) is 0 Å². The highest BCUT2D eigenvalue weighted by Gasteiger charge is 2.35. The zero-order chi connectivity index (χ0) is 27.2. The quantitative estimate of drug-likeness (QED) is 0.296. The summed E-state index contributed by atoms with van der Waals surface area (Å²) in [5, 5.41) is 14.5. The molecule has 2 N–H and O–H groups in total. The molecule has 38 heavy (non-hydrogen) atoms. The van der Waals surface area contributed by atoms with Crippen LogP contribution in [-0.4, -0.2) is 36.4 Å². The fraction of sp³-hybridized carbons (Fsp3) is 0.143. The molecule has 0 atom stereocenters. The van der Waals surface area contributed by atoms with Crippen LogP contribution in [0.25, 0.3) is 6.08 Å². The Kier molecular flexibility index (Phi) is 8.09. The van der Waals surface area contributed by atoms with E-state index in [1.165, 1.54) is 13.2 Å². The van der Waals surface area contributed by atoms with Crippen LogP contribution in [0.15, 0.2) is 70.8 Å². The summed E-state index contributed by atoms with van der Waals surface area (Å²) in [6.45, 7) is 1.61. The Morgan fingerprint density at radius 3 is 2.68 bits per heavy atom. The first kappa shape index (κ1) is 26.4. The van der Waals surface area contributed by atoms with Crippen molar-refractivity contribution in [3.63, 3.8) is 0 Å². The number of carbonyl (C=O) groups excluding carboxylic acids is 3. The molecule has 1 aliphatic heterocycles. The van der Waals surface area contributed by atoms with Gasteiger partial charge in [-0.25, -0.2) is 9.69 Å². The molecule has 3 aromatic rings. The number of hydrogen-bond donors (Lipinski definition) is 2. The summed E-state index contributed by atoms with van der Waals surface area (Å²) in [6, 6.07) is 19.1. The fourth-order valence-electron chi connectivity index (χ4n) is 3.82. The van der Waals surface area contributed by atoms with Crippen molar-refractivity contribution in [2.75, 3.05) is 19.0 Å². The summed E-state index contributed by atoms with van der Waals surface area (Å²) in [5.74, 6) is -0.326. The molecule has 0 aliphatic carbocycles. The highest BCUT2D eigenvalue weighted by molar-refractivity contribution is 9.10. The molecule has 0 saturated carbocycles. The molecule has 4 amide bonds. The number of rotatable bonds is 8. The van der Waals surface area contributed by atoms with Gasteiger partial charge in [0.25, 0.3) is 5.91 Å². The summed E-state index contributed by atoms with van der Waals surface area (Å²) >= 11 is 3.47. The Morgan fingerprint density at radius 2 is 1.95 bits per heavy atom. The van der Waals surface area contributed by atoms with E-state index in [1.807, 2.05) is 19.1 Å². The first-order valence-corrected chi connectivity index (χ1v) is 12.3. The van der Waals surface area contributed by atoms with Crippen molar-refractivity contribution in [3.05, 3.63) is 93.1 Å². The molecular weight excluding hydrogens is 552 g/mol. The second kappa shape index (κ2) is 11.6. The molecule has 0 aromatic heterocycles. The highest BCUT2D eigenvalue weighted by Crippen LogP contribution is 2.38. The van der Waals surface area contributed by atoms with Crippen molar-refractivity contribution in [1.82, 2.24) is 10.2 Å². The third kappa shape index (κ3) is 6.02. The van der Waals surface area contributed by atoms with E-state index in [0.29, 0.717) is 32.8 Å². The van der Waals surface area contributed by atoms with Crippen molar-refractivity contribution < 1.29 is 23.9 Å². The molecular formula is C28H23BrN4O5. The van der Waals surface area contributed by atoms with Gasteiger partial charge in [0.1, 0.15) is 18.8 Å². The summed E-state index contributed by atoms with van der Waals surface area (Å²) in [4.78, 5) is 38.6. The van der Waals surface area contributed by atoms with E-state index in [0.717, 1.165) is 16.0 Å². The molecule has 1 saturated heterocycles. The van der Waals surface area contributed by atoms with E-state index >= 15 is 0 Å². The zero-order valence-electron chi connectivity index (χ0n) is 20.6. The molecule has 1 heterocycles. The van der Waals surface area contributed by atoms with Crippen LogP contribution in [0.2, 0.25) is 0 Å². The van der Waals surface area contributed by atoms with E-state index in [1.54, 1.807) is 48.5 Å². The second-order valence-electron chi connectivity index (χ2n) is 8.39. The van der Waals surface area contributed by atoms with E-state index in [4.69, 9.17) is 9.47 Å². The third-order valence-corrected chi connectivity index (χ3v) is 6.23. The lowest BCUT2D eigenvalue weighted by atomic mass is 10.1. The number of nitriles is 1. The predicted octanol–water partition coefficient (Wildman–Crippen LogP) is 4.75. The Balaban J connectivity index is 1.48. The summed E-state index contributed by atoms with van der Waals surface area (Å²) in [5.41, 5.74) is 3.34. The van der Waals surface area contributed by atoms with Crippen LogP contribution < -0.4 is 20.1 Å². The number of urea groups is 1. The molecule has 0 spiro atoms. The Bertz CT molecular complexity index is 1490. The van der Waals surface area contributed by atoms with E-state index in [2.05, 4.69) is 32.6 Å². The van der Waals surface area contributed by atoms with Gasteiger partial charge in [0.15, 0.2) is 11.5 Å². The molecule has 4 rings (SSSR count). The normalized spacial score (nSPS) is 13.7. The third-order valence-electron chi connectivity index (χ3n) is 5.64. The highest BCUT2D eigenvalue weighted by atomic mass is 79.9. The standard InChI is InChI=1S/C28H23BrN4O5/c1-17-6-5-9-21(10-17)31-25(34)15-33-27(35)23(32-28(33)36)12-18-11-22(29)26(24(13-18)37-2)38-16-20-8-4-3-7-19(20)14-30/h3-13H,15-16H2,1-2H3,(H,31,34)(H,32,36)/b23-12+. The van der Waals surface area contributed by atoms with Gasteiger partial charge in [-0.1, -0.05) is 30.3 Å². The van der Waals surface area contributed by atoms with E-state index in [-0.39, 0.29) is 12.3 Å². The summed E-state index contributed by atoms with van der Waals surface area (Å²) in [7, 11) is 1.48. The SMILES string of the molecule is COc1cc(/C=C2/NC(=O)N(CC(=O)Nc3cccc(C)c3)C2=O)cc(Br)c1OCc1ccccc1C#N. The number of anilines is 1. The number of halogens is 1. The molecule has 0 unspecified atom stereocenters. The smallest absolute Gasteiger partial charge is 0.329 e. The minimum Gasteiger partial charge on any atom is -0.493 e. The van der Waals surface area contributed by atoms with Crippen molar-refractivity contribution in [2.24, 2.45) is 0 Å². The van der Waals surface area contributed by atoms with E-state index in [9.17, 15) is 19.6 Å². The van der Waals surface area contributed by atoms with Crippen LogP contribution in [0.4, 0.5) is 10.5 Å². The van der Waals surface area contributed by atoms with Crippen LogP contribution >= 0.6 is 15.9 Å². The lowest BCUT2D eigenvalue weighted by molar-refractivity contribution is -0.127. The number of imide groups is 1. The van der Waals surface area contributed by atoms with Gasteiger partial charge in [0.2, 0.25) is 5.91 Å². The molecule has 192 valence electrons. The predicted molar refractivity (Wildman–Crippen MR) is 144 cm³/mol. The fourth-order valence-corrected chi connectivity index (χ4v) is 4.39. The number of carbonyl (C=O) groups is 3. The van der Waals surface area contributed by atoms with Crippen LogP contribution in [-0.2, 0) is 16.2 Å².